The first-order valence-electron chi connectivity index (χ1n) is 5.96. The number of nitrogens with one attached hydrogen (secondary N) is 1. The number of aliphatic hydroxyl groups excluding tert-OH is 1. The summed E-state index contributed by atoms with van der Waals surface area (Å²) in [6.07, 6.45) is 3.00. The predicted molar refractivity (Wildman–Crippen MR) is 71.0 cm³/mol. The summed E-state index contributed by atoms with van der Waals surface area (Å²) in [5, 5.41) is 12.1. The van der Waals surface area contributed by atoms with E-state index in [4.69, 9.17) is 15.6 Å². The highest BCUT2D eigenvalue weighted by Crippen LogP contribution is 2.02. The molecule has 0 rings (SSSR count). The molecule has 1 atom stereocenters. The van der Waals surface area contributed by atoms with Crippen molar-refractivity contribution in [1.29, 1.82) is 0 Å². The summed E-state index contributed by atoms with van der Waals surface area (Å²) < 4.78 is 5.15. The van der Waals surface area contributed by atoms with Crippen LogP contribution in [-0.4, -0.2) is 56.1 Å². The number of rotatable bonds is 12. The van der Waals surface area contributed by atoms with Crippen LogP contribution >= 0.6 is 11.8 Å². The lowest BCUT2D eigenvalue weighted by atomic mass is 10.1. The second-order valence-corrected chi connectivity index (χ2v) is 4.95. The van der Waals surface area contributed by atoms with Gasteiger partial charge < -0.3 is 20.9 Å². The van der Waals surface area contributed by atoms with E-state index < -0.39 is 0 Å². The average Bonchev–Trinajstić information content (AvgIpc) is 2.30. The second-order valence-electron chi connectivity index (χ2n) is 3.73. The van der Waals surface area contributed by atoms with E-state index in [2.05, 4.69) is 5.32 Å². The Hall–Kier alpha value is 0.190. The number of hydrogen-bond acceptors (Lipinski definition) is 5. The molecule has 4 N–H and O–H groups in total. The van der Waals surface area contributed by atoms with E-state index >= 15 is 0 Å². The summed E-state index contributed by atoms with van der Waals surface area (Å²) in [7, 11) is 1.73. The van der Waals surface area contributed by atoms with E-state index in [0.29, 0.717) is 12.6 Å². The molecule has 0 spiro atoms. The number of thioether (sulfide) groups is 1. The SMILES string of the molecule is COCC(CCCN)NCCSCCCO. The number of nitrogens with two attached hydrogens (primary N) is 1. The minimum atomic E-state index is 0.295. The Balaban J connectivity index is 3.36. The number of methoxy groups -OCH3 is 1. The molecule has 4 nitrogen and oxygen atoms in total. The standard InChI is InChI=1S/C11H26N2O2S/c1-15-10-11(4-2-5-12)13-6-9-16-8-3-7-14/h11,13-14H,2-10,12H2,1H3. The van der Waals surface area contributed by atoms with Crippen LogP contribution in [0, 0.1) is 0 Å². The van der Waals surface area contributed by atoms with Crippen molar-refractivity contribution < 1.29 is 9.84 Å². The molecule has 0 amide bonds. The summed E-state index contributed by atoms with van der Waals surface area (Å²) >= 11 is 1.87. The van der Waals surface area contributed by atoms with Crippen LogP contribution in [0.2, 0.25) is 0 Å². The normalized spacial score (nSPS) is 12.9. The largest absolute Gasteiger partial charge is 0.396 e. The zero-order valence-corrected chi connectivity index (χ0v) is 11.1. The monoisotopic (exact) mass is 250 g/mol. The zero-order chi connectivity index (χ0) is 12.1. The van der Waals surface area contributed by atoms with Crippen LogP contribution in [0.25, 0.3) is 0 Å². The highest BCUT2D eigenvalue weighted by Gasteiger charge is 2.06. The summed E-state index contributed by atoms with van der Waals surface area (Å²) in [5.74, 6) is 2.12. The van der Waals surface area contributed by atoms with Gasteiger partial charge in [0, 0.05) is 32.1 Å². The molecule has 0 aliphatic rings. The van der Waals surface area contributed by atoms with E-state index in [1.54, 1.807) is 7.11 Å². The van der Waals surface area contributed by atoms with Crippen LogP contribution in [-0.2, 0) is 4.74 Å². The molecular formula is C11H26N2O2S. The van der Waals surface area contributed by atoms with Crippen molar-refractivity contribution in [3.8, 4) is 0 Å². The van der Waals surface area contributed by atoms with Crippen LogP contribution in [0.4, 0.5) is 0 Å². The molecule has 0 saturated heterocycles. The molecule has 0 heterocycles. The summed E-state index contributed by atoms with van der Waals surface area (Å²) in [6, 6.07) is 0.423. The summed E-state index contributed by atoms with van der Waals surface area (Å²) in [5.41, 5.74) is 5.49. The Labute approximate surface area is 103 Å². The van der Waals surface area contributed by atoms with E-state index in [9.17, 15) is 0 Å². The third-order valence-corrected chi connectivity index (χ3v) is 3.32. The average molecular weight is 250 g/mol. The first-order valence-corrected chi connectivity index (χ1v) is 7.11. The maximum atomic E-state index is 8.62. The lowest BCUT2D eigenvalue weighted by Crippen LogP contribution is -2.35. The smallest absolute Gasteiger partial charge is 0.0615 e. The molecule has 1 unspecified atom stereocenters. The molecule has 16 heavy (non-hydrogen) atoms. The second kappa shape index (κ2) is 13.3. The Morgan fingerprint density at radius 1 is 1.38 bits per heavy atom. The highest BCUT2D eigenvalue weighted by molar-refractivity contribution is 7.99. The van der Waals surface area contributed by atoms with Crippen molar-refractivity contribution >= 4 is 11.8 Å². The predicted octanol–water partition coefficient (Wildman–Crippen LogP) is 0.446. The van der Waals surface area contributed by atoms with Gasteiger partial charge in [0.1, 0.15) is 0 Å². The van der Waals surface area contributed by atoms with Crippen molar-refractivity contribution in [2.45, 2.75) is 25.3 Å². The van der Waals surface area contributed by atoms with Crippen LogP contribution in [0.3, 0.4) is 0 Å². The maximum absolute atomic E-state index is 8.62. The van der Waals surface area contributed by atoms with Gasteiger partial charge in [-0.2, -0.15) is 11.8 Å². The van der Waals surface area contributed by atoms with Gasteiger partial charge in [0.2, 0.25) is 0 Å². The third-order valence-electron chi connectivity index (χ3n) is 2.25. The topological polar surface area (TPSA) is 67.5 Å². The van der Waals surface area contributed by atoms with E-state index in [-0.39, 0.29) is 0 Å². The third kappa shape index (κ3) is 10.7. The molecular weight excluding hydrogens is 224 g/mol. The molecule has 0 aromatic carbocycles. The molecule has 0 radical (unpaired) electrons. The van der Waals surface area contributed by atoms with Gasteiger partial charge in [0.15, 0.2) is 0 Å². The fourth-order valence-electron chi connectivity index (χ4n) is 1.41. The van der Waals surface area contributed by atoms with Crippen molar-refractivity contribution in [2.75, 3.05) is 44.9 Å². The van der Waals surface area contributed by atoms with Gasteiger partial charge in [-0.15, -0.1) is 0 Å². The fourth-order valence-corrected chi connectivity index (χ4v) is 2.21. The molecule has 0 aromatic heterocycles. The number of hydrogen-bond donors (Lipinski definition) is 3. The van der Waals surface area contributed by atoms with Crippen LogP contribution in [0.15, 0.2) is 0 Å². The molecule has 0 aromatic rings. The lowest BCUT2D eigenvalue weighted by molar-refractivity contribution is 0.163. The Bertz CT molecular complexity index is 139. The minimum Gasteiger partial charge on any atom is -0.396 e. The van der Waals surface area contributed by atoms with Gasteiger partial charge in [-0.3, -0.25) is 0 Å². The quantitative estimate of drug-likeness (QED) is 0.439. The number of ether oxygens (including phenoxy) is 1. The molecule has 0 bridgehead atoms. The van der Waals surface area contributed by atoms with Gasteiger partial charge in [-0.05, 0) is 31.6 Å². The molecule has 5 heteroatoms. The summed E-state index contributed by atoms with van der Waals surface area (Å²) in [6.45, 7) is 2.78. The van der Waals surface area contributed by atoms with Gasteiger partial charge in [-0.1, -0.05) is 0 Å². The van der Waals surface area contributed by atoms with Crippen LogP contribution in [0.1, 0.15) is 19.3 Å². The Morgan fingerprint density at radius 3 is 2.81 bits per heavy atom. The Kier molecular flexibility index (Phi) is 13.4. The van der Waals surface area contributed by atoms with Gasteiger partial charge in [-0.25, -0.2) is 0 Å². The summed E-state index contributed by atoms with van der Waals surface area (Å²) in [4.78, 5) is 0. The highest BCUT2D eigenvalue weighted by atomic mass is 32.2. The maximum Gasteiger partial charge on any atom is 0.0615 e. The first kappa shape index (κ1) is 16.2. The molecule has 0 fully saturated rings. The van der Waals surface area contributed by atoms with Crippen molar-refractivity contribution in [2.24, 2.45) is 5.73 Å². The van der Waals surface area contributed by atoms with Crippen LogP contribution in [0.5, 0.6) is 0 Å². The van der Waals surface area contributed by atoms with Crippen molar-refractivity contribution in [1.82, 2.24) is 5.32 Å². The zero-order valence-electron chi connectivity index (χ0n) is 10.3. The van der Waals surface area contributed by atoms with E-state index in [1.807, 2.05) is 11.8 Å². The van der Waals surface area contributed by atoms with Gasteiger partial charge >= 0.3 is 0 Å². The first-order chi connectivity index (χ1) is 7.85. The van der Waals surface area contributed by atoms with Crippen LogP contribution < -0.4 is 11.1 Å². The van der Waals surface area contributed by atoms with Crippen molar-refractivity contribution in [3.63, 3.8) is 0 Å². The minimum absolute atomic E-state index is 0.295. The van der Waals surface area contributed by atoms with E-state index in [1.165, 1.54) is 0 Å². The van der Waals surface area contributed by atoms with Gasteiger partial charge in [0.05, 0.1) is 6.61 Å². The lowest BCUT2D eigenvalue weighted by Gasteiger charge is -2.17. The molecule has 0 saturated carbocycles. The Morgan fingerprint density at radius 2 is 2.19 bits per heavy atom. The van der Waals surface area contributed by atoms with E-state index in [0.717, 1.165) is 50.5 Å². The molecule has 0 aliphatic carbocycles. The van der Waals surface area contributed by atoms with Gasteiger partial charge in [0.25, 0.3) is 0 Å². The fraction of sp³-hybridized carbons (Fsp3) is 1.00. The van der Waals surface area contributed by atoms with Crippen molar-refractivity contribution in [3.05, 3.63) is 0 Å². The molecule has 98 valence electrons. The number of aliphatic hydroxyl groups is 1. The molecule has 0 aliphatic heterocycles.